The summed E-state index contributed by atoms with van der Waals surface area (Å²) in [4.78, 5) is 37.8. The predicted molar refractivity (Wildman–Crippen MR) is 118 cm³/mol. The number of hydrogen-bond donors (Lipinski definition) is 5. The Bertz CT molecular complexity index is 1210. The van der Waals surface area contributed by atoms with Gasteiger partial charge in [-0.2, -0.15) is 5.10 Å². The zero-order chi connectivity index (χ0) is 24.2. The quantitative estimate of drug-likeness (QED) is 0.326. The number of phenolic OH excluding ortho intramolecular Hbond substituents is 1. The van der Waals surface area contributed by atoms with Gasteiger partial charge in [-0.25, -0.2) is 4.39 Å². The van der Waals surface area contributed by atoms with Crippen molar-refractivity contribution in [1.82, 2.24) is 26.1 Å². The average molecular weight is 467 g/mol. The summed E-state index contributed by atoms with van der Waals surface area (Å²) in [6.45, 7) is 0.949. The molecule has 0 bridgehead atoms. The van der Waals surface area contributed by atoms with Crippen LogP contribution in [-0.2, 0) is 0 Å². The molecule has 1 aromatic heterocycles. The van der Waals surface area contributed by atoms with Gasteiger partial charge in [0, 0.05) is 30.4 Å². The highest BCUT2D eigenvalue weighted by Gasteiger charge is 2.30. The summed E-state index contributed by atoms with van der Waals surface area (Å²) in [6.07, 6.45) is 2.89. The lowest BCUT2D eigenvalue weighted by Crippen LogP contribution is -2.50. The minimum atomic E-state index is -0.966. The van der Waals surface area contributed by atoms with E-state index < -0.39 is 28.8 Å². The lowest BCUT2D eigenvalue weighted by atomic mass is 10.00. The van der Waals surface area contributed by atoms with Gasteiger partial charge in [-0.05, 0) is 24.3 Å². The molecular weight excluding hydrogens is 445 g/mol. The van der Waals surface area contributed by atoms with E-state index in [0.717, 1.165) is 0 Å². The molecule has 0 spiro atoms. The number of halogens is 1. The van der Waals surface area contributed by atoms with Gasteiger partial charge in [0.2, 0.25) is 0 Å². The molecule has 5 N–H and O–H groups in total. The van der Waals surface area contributed by atoms with Gasteiger partial charge in [0.15, 0.2) is 17.3 Å². The van der Waals surface area contributed by atoms with Crippen LogP contribution in [-0.4, -0.2) is 65.2 Å². The van der Waals surface area contributed by atoms with Gasteiger partial charge >= 0.3 is 0 Å². The number of benzene rings is 2. The van der Waals surface area contributed by atoms with E-state index in [4.69, 9.17) is 4.74 Å². The summed E-state index contributed by atoms with van der Waals surface area (Å²) in [5.74, 6) is -3.10. The van der Waals surface area contributed by atoms with Crippen molar-refractivity contribution in [3.63, 3.8) is 0 Å². The maximum absolute atomic E-state index is 14.5. The zero-order valence-corrected chi connectivity index (χ0v) is 18.1. The number of carbonyl (C=O) groups excluding carboxylic acids is 3. The standard InChI is InChI=1S/C23H22FN5O5/c1-34-18-7-6-17(30)19(20(18)24)21(31)12-2-4-13(5-3-12)22(32)28-15-10-25-11-16(15)29-23(33)14-8-26-27-9-14/h2-9,15-16,25,30H,10-11H2,1H3,(H,26,27)(H,28,32)(H,29,33)/t15-,16-/m1/s1. The van der Waals surface area contributed by atoms with E-state index in [0.29, 0.717) is 18.7 Å². The number of phenols is 1. The Labute approximate surface area is 193 Å². The van der Waals surface area contributed by atoms with Crippen LogP contribution >= 0.6 is 0 Å². The lowest BCUT2D eigenvalue weighted by molar-refractivity contribution is 0.0896. The number of aromatic hydroxyl groups is 1. The van der Waals surface area contributed by atoms with E-state index in [1.807, 2.05) is 0 Å². The number of aromatic nitrogens is 2. The van der Waals surface area contributed by atoms with Gasteiger partial charge in [0.05, 0.1) is 31.0 Å². The van der Waals surface area contributed by atoms with Crippen molar-refractivity contribution >= 4 is 17.6 Å². The Kier molecular flexibility index (Phi) is 6.55. The van der Waals surface area contributed by atoms with Crippen LogP contribution in [0.5, 0.6) is 11.5 Å². The van der Waals surface area contributed by atoms with E-state index in [1.54, 1.807) is 0 Å². The monoisotopic (exact) mass is 467 g/mol. The molecule has 3 aromatic rings. The van der Waals surface area contributed by atoms with Crippen LogP contribution in [0.1, 0.15) is 36.6 Å². The van der Waals surface area contributed by atoms with Crippen molar-refractivity contribution in [2.45, 2.75) is 12.1 Å². The first-order valence-corrected chi connectivity index (χ1v) is 10.4. The van der Waals surface area contributed by atoms with E-state index >= 15 is 0 Å². The first-order chi connectivity index (χ1) is 16.4. The Hall–Kier alpha value is -4.25. The fourth-order valence-electron chi connectivity index (χ4n) is 3.70. The van der Waals surface area contributed by atoms with Crippen LogP contribution in [0.3, 0.4) is 0 Å². The Balaban J connectivity index is 1.43. The third-order valence-corrected chi connectivity index (χ3v) is 5.55. The number of nitrogens with zero attached hydrogens (tertiary/aromatic N) is 1. The highest BCUT2D eigenvalue weighted by molar-refractivity contribution is 6.11. The van der Waals surface area contributed by atoms with E-state index in [9.17, 15) is 23.9 Å². The van der Waals surface area contributed by atoms with Gasteiger partial charge in [-0.1, -0.05) is 12.1 Å². The lowest BCUT2D eigenvalue weighted by Gasteiger charge is -2.21. The number of hydrogen-bond acceptors (Lipinski definition) is 7. The Morgan fingerprint density at radius 1 is 1.00 bits per heavy atom. The number of aromatic amines is 1. The van der Waals surface area contributed by atoms with Crippen molar-refractivity contribution in [2.24, 2.45) is 0 Å². The minimum absolute atomic E-state index is 0.0896. The molecule has 2 aromatic carbocycles. The average Bonchev–Trinajstić information content (AvgIpc) is 3.52. The molecule has 10 nitrogen and oxygen atoms in total. The third-order valence-electron chi connectivity index (χ3n) is 5.55. The fraction of sp³-hybridized carbons (Fsp3) is 0.217. The van der Waals surface area contributed by atoms with Gasteiger partial charge < -0.3 is 25.8 Å². The van der Waals surface area contributed by atoms with Gasteiger partial charge in [-0.15, -0.1) is 0 Å². The van der Waals surface area contributed by atoms with Crippen LogP contribution in [0.2, 0.25) is 0 Å². The molecule has 4 rings (SSSR count). The van der Waals surface area contributed by atoms with Gasteiger partial charge in [0.25, 0.3) is 11.8 Å². The SMILES string of the molecule is COc1ccc(O)c(C(=O)c2ccc(C(=O)N[C@@H]3CNC[C@H]3NC(=O)c3cn[nH]c3)cc2)c1F. The molecule has 34 heavy (non-hydrogen) atoms. The van der Waals surface area contributed by atoms with Crippen LogP contribution in [0.15, 0.2) is 48.8 Å². The summed E-state index contributed by atoms with van der Waals surface area (Å²) in [6, 6.07) is 7.32. The Morgan fingerprint density at radius 2 is 1.62 bits per heavy atom. The highest BCUT2D eigenvalue weighted by atomic mass is 19.1. The topological polar surface area (TPSA) is 145 Å². The normalized spacial score (nSPS) is 17.2. The molecule has 1 fully saturated rings. The summed E-state index contributed by atoms with van der Waals surface area (Å²) >= 11 is 0. The number of ketones is 1. The molecule has 0 unspecified atom stereocenters. The van der Waals surface area contributed by atoms with Crippen molar-refractivity contribution in [3.8, 4) is 11.5 Å². The first-order valence-electron chi connectivity index (χ1n) is 10.4. The van der Waals surface area contributed by atoms with Crippen LogP contribution in [0.25, 0.3) is 0 Å². The van der Waals surface area contributed by atoms with Crippen molar-refractivity contribution < 1.29 is 28.6 Å². The van der Waals surface area contributed by atoms with Crippen molar-refractivity contribution in [2.75, 3.05) is 20.2 Å². The zero-order valence-electron chi connectivity index (χ0n) is 18.1. The predicted octanol–water partition coefficient (Wildman–Crippen LogP) is 0.994. The second kappa shape index (κ2) is 9.71. The van der Waals surface area contributed by atoms with Crippen LogP contribution in [0, 0.1) is 5.82 Å². The van der Waals surface area contributed by atoms with Gasteiger partial charge in [-0.3, -0.25) is 19.5 Å². The highest BCUT2D eigenvalue weighted by Crippen LogP contribution is 2.30. The molecule has 0 saturated carbocycles. The van der Waals surface area contributed by atoms with E-state index in [1.165, 1.54) is 55.9 Å². The van der Waals surface area contributed by atoms with Crippen LogP contribution in [0.4, 0.5) is 4.39 Å². The van der Waals surface area contributed by atoms with E-state index in [2.05, 4.69) is 26.1 Å². The number of ether oxygens (including phenoxy) is 1. The van der Waals surface area contributed by atoms with Crippen molar-refractivity contribution in [3.05, 3.63) is 76.9 Å². The van der Waals surface area contributed by atoms with Gasteiger partial charge in [0.1, 0.15) is 11.3 Å². The largest absolute Gasteiger partial charge is 0.507 e. The number of carbonyl (C=O) groups is 3. The molecule has 2 atom stereocenters. The maximum Gasteiger partial charge on any atom is 0.254 e. The first kappa shape index (κ1) is 22.9. The summed E-state index contributed by atoms with van der Waals surface area (Å²) in [5, 5.41) is 25.1. The number of amides is 2. The third kappa shape index (κ3) is 4.59. The summed E-state index contributed by atoms with van der Waals surface area (Å²) in [5.41, 5.74) is 0.242. The molecule has 176 valence electrons. The molecule has 0 aliphatic carbocycles. The second-order valence-electron chi connectivity index (χ2n) is 7.69. The molecule has 2 heterocycles. The molecule has 11 heteroatoms. The molecule has 1 aliphatic rings. The van der Waals surface area contributed by atoms with Crippen LogP contribution < -0.4 is 20.7 Å². The maximum atomic E-state index is 14.5. The van der Waals surface area contributed by atoms with Crippen molar-refractivity contribution in [1.29, 1.82) is 0 Å². The number of H-pyrrole nitrogens is 1. The molecule has 1 saturated heterocycles. The Morgan fingerprint density at radius 3 is 2.21 bits per heavy atom. The molecule has 1 aliphatic heterocycles. The minimum Gasteiger partial charge on any atom is -0.507 e. The fourth-order valence-corrected chi connectivity index (χ4v) is 3.70. The second-order valence-corrected chi connectivity index (χ2v) is 7.69. The number of nitrogens with one attached hydrogen (secondary N) is 4. The molecule has 2 amide bonds. The molecule has 0 radical (unpaired) electrons. The molecular formula is C23H22FN5O5. The summed E-state index contributed by atoms with van der Waals surface area (Å²) < 4.78 is 19.4. The number of rotatable bonds is 7. The smallest absolute Gasteiger partial charge is 0.254 e. The number of methoxy groups -OCH3 is 1. The van der Waals surface area contributed by atoms with E-state index in [-0.39, 0.29) is 34.9 Å². The summed E-state index contributed by atoms with van der Waals surface area (Å²) in [7, 11) is 1.25.